The molecule has 0 bridgehead atoms. The molecular weight excluding hydrogens is 340 g/mol. The van der Waals surface area contributed by atoms with Gasteiger partial charge < -0.3 is 19.0 Å². The van der Waals surface area contributed by atoms with Crippen LogP contribution in [0.2, 0.25) is 5.02 Å². The van der Waals surface area contributed by atoms with Crippen LogP contribution in [0.4, 0.5) is 0 Å². The highest BCUT2D eigenvalue weighted by Crippen LogP contribution is 2.28. The molecule has 1 aliphatic rings. The summed E-state index contributed by atoms with van der Waals surface area (Å²) in [7, 11) is 4.08. The van der Waals surface area contributed by atoms with E-state index >= 15 is 0 Å². The number of halogens is 1. The lowest BCUT2D eigenvalue weighted by Gasteiger charge is -2.25. The van der Waals surface area contributed by atoms with Crippen LogP contribution in [-0.4, -0.2) is 62.7 Å². The second-order valence-electron chi connectivity index (χ2n) is 7.08. The second kappa shape index (κ2) is 7.77. The quantitative estimate of drug-likeness (QED) is 0.836. The molecule has 136 valence electrons. The molecule has 6 heteroatoms. The molecule has 1 aromatic carbocycles. The van der Waals surface area contributed by atoms with Gasteiger partial charge in [-0.15, -0.1) is 0 Å². The Morgan fingerprint density at radius 3 is 2.96 bits per heavy atom. The summed E-state index contributed by atoms with van der Waals surface area (Å²) in [5.41, 5.74) is 2.63. The highest BCUT2D eigenvalue weighted by atomic mass is 35.5. The van der Waals surface area contributed by atoms with Crippen molar-refractivity contribution in [2.75, 3.05) is 46.9 Å². The third kappa shape index (κ3) is 4.35. The number of aryl methyl sites for hydroxylation is 1. The van der Waals surface area contributed by atoms with Gasteiger partial charge in [0.2, 0.25) is 5.91 Å². The molecule has 1 aromatic heterocycles. The standard InChI is InChI=1S/C19H25ClN2O3/c1-13-6-18-16(8-17(13)20)15(12-25-18)7-19(23)22-4-5-24-11-14(10-22)9-21(2)3/h6,8,12,14H,4-5,7,9-11H2,1-3H3/t14-/m0/s1. The monoisotopic (exact) mass is 364 g/mol. The summed E-state index contributed by atoms with van der Waals surface area (Å²) in [6.45, 7) is 5.51. The smallest absolute Gasteiger partial charge is 0.227 e. The largest absolute Gasteiger partial charge is 0.464 e. The maximum absolute atomic E-state index is 12.8. The van der Waals surface area contributed by atoms with Crippen LogP contribution in [0.5, 0.6) is 0 Å². The first kappa shape index (κ1) is 18.2. The Morgan fingerprint density at radius 2 is 2.20 bits per heavy atom. The van der Waals surface area contributed by atoms with E-state index in [9.17, 15) is 4.79 Å². The SMILES string of the molecule is Cc1cc2occ(CC(=O)N3CCOC[C@@H](CN(C)C)C3)c2cc1Cl. The van der Waals surface area contributed by atoms with Crippen LogP contribution >= 0.6 is 11.6 Å². The summed E-state index contributed by atoms with van der Waals surface area (Å²) >= 11 is 6.23. The van der Waals surface area contributed by atoms with Crippen LogP contribution in [0.1, 0.15) is 11.1 Å². The minimum Gasteiger partial charge on any atom is -0.464 e. The van der Waals surface area contributed by atoms with Crippen molar-refractivity contribution < 1.29 is 13.9 Å². The first-order chi connectivity index (χ1) is 11.9. The Kier molecular flexibility index (Phi) is 5.67. The van der Waals surface area contributed by atoms with Crippen LogP contribution in [0.3, 0.4) is 0 Å². The van der Waals surface area contributed by atoms with Crippen molar-refractivity contribution in [3.05, 3.63) is 34.5 Å². The van der Waals surface area contributed by atoms with Crippen molar-refractivity contribution in [2.24, 2.45) is 5.92 Å². The maximum atomic E-state index is 12.8. The number of hydrogen-bond acceptors (Lipinski definition) is 4. The zero-order valence-electron chi connectivity index (χ0n) is 15.0. The van der Waals surface area contributed by atoms with E-state index in [1.54, 1.807) is 6.26 Å². The van der Waals surface area contributed by atoms with Gasteiger partial charge in [-0.25, -0.2) is 0 Å². The number of carbonyl (C=O) groups excluding carboxylic acids is 1. The van der Waals surface area contributed by atoms with Gasteiger partial charge in [0, 0.05) is 41.5 Å². The van der Waals surface area contributed by atoms with Crippen molar-refractivity contribution in [1.82, 2.24) is 9.80 Å². The highest BCUT2D eigenvalue weighted by Gasteiger charge is 2.24. The van der Waals surface area contributed by atoms with Gasteiger partial charge in [0.15, 0.2) is 0 Å². The number of ether oxygens (including phenoxy) is 1. The van der Waals surface area contributed by atoms with Crippen molar-refractivity contribution in [2.45, 2.75) is 13.3 Å². The van der Waals surface area contributed by atoms with Gasteiger partial charge >= 0.3 is 0 Å². The Morgan fingerprint density at radius 1 is 1.40 bits per heavy atom. The number of fused-ring (bicyclic) bond motifs is 1. The van der Waals surface area contributed by atoms with E-state index in [1.165, 1.54) is 0 Å². The fourth-order valence-electron chi connectivity index (χ4n) is 3.35. The van der Waals surface area contributed by atoms with Crippen LogP contribution in [-0.2, 0) is 16.0 Å². The van der Waals surface area contributed by atoms with Gasteiger partial charge in [-0.3, -0.25) is 4.79 Å². The maximum Gasteiger partial charge on any atom is 0.227 e. The highest BCUT2D eigenvalue weighted by molar-refractivity contribution is 6.32. The van der Waals surface area contributed by atoms with Gasteiger partial charge in [-0.1, -0.05) is 11.6 Å². The van der Waals surface area contributed by atoms with E-state index in [-0.39, 0.29) is 5.91 Å². The van der Waals surface area contributed by atoms with E-state index in [0.29, 0.717) is 37.1 Å². The van der Waals surface area contributed by atoms with E-state index in [2.05, 4.69) is 4.90 Å². The van der Waals surface area contributed by atoms with Crippen molar-refractivity contribution >= 4 is 28.5 Å². The molecule has 5 nitrogen and oxygen atoms in total. The van der Waals surface area contributed by atoms with E-state index in [1.807, 2.05) is 38.1 Å². The van der Waals surface area contributed by atoms with E-state index < -0.39 is 0 Å². The minimum atomic E-state index is 0.105. The van der Waals surface area contributed by atoms with Gasteiger partial charge in [0.05, 0.1) is 25.9 Å². The molecule has 0 radical (unpaired) electrons. The summed E-state index contributed by atoms with van der Waals surface area (Å²) in [6.07, 6.45) is 1.99. The zero-order valence-corrected chi connectivity index (χ0v) is 15.8. The molecule has 0 unspecified atom stereocenters. The lowest BCUT2D eigenvalue weighted by atomic mass is 10.1. The predicted molar refractivity (Wildman–Crippen MR) is 99.1 cm³/mol. The first-order valence-corrected chi connectivity index (χ1v) is 8.98. The predicted octanol–water partition coefficient (Wildman–Crippen LogP) is 2.97. The summed E-state index contributed by atoms with van der Waals surface area (Å²) in [5, 5.41) is 1.61. The number of amides is 1. The molecular formula is C19H25ClN2O3. The molecule has 0 aliphatic carbocycles. The van der Waals surface area contributed by atoms with Crippen molar-refractivity contribution in [3.63, 3.8) is 0 Å². The second-order valence-corrected chi connectivity index (χ2v) is 7.49. The normalized spacial score (nSPS) is 18.8. The van der Waals surface area contributed by atoms with Gasteiger partial charge in [0.25, 0.3) is 0 Å². The molecule has 1 saturated heterocycles. The average Bonchev–Trinajstić information content (AvgIpc) is 2.78. The number of benzene rings is 1. The number of hydrogen-bond donors (Lipinski definition) is 0. The summed E-state index contributed by atoms with van der Waals surface area (Å²) in [5.74, 6) is 0.438. The van der Waals surface area contributed by atoms with Crippen molar-refractivity contribution in [1.29, 1.82) is 0 Å². The minimum absolute atomic E-state index is 0.105. The van der Waals surface area contributed by atoms with Gasteiger partial charge in [-0.2, -0.15) is 0 Å². The Hall–Kier alpha value is -1.56. The third-order valence-electron chi connectivity index (χ3n) is 4.59. The Labute approximate surface area is 153 Å². The van der Waals surface area contributed by atoms with Gasteiger partial charge in [0.1, 0.15) is 5.58 Å². The molecule has 1 amide bonds. The Bertz CT molecular complexity index is 756. The van der Waals surface area contributed by atoms with E-state index in [4.69, 9.17) is 20.8 Å². The number of carbonyl (C=O) groups is 1. The van der Waals surface area contributed by atoms with Crippen LogP contribution in [0.15, 0.2) is 22.8 Å². The molecule has 25 heavy (non-hydrogen) atoms. The topological polar surface area (TPSA) is 45.9 Å². The third-order valence-corrected chi connectivity index (χ3v) is 5.00. The molecule has 1 fully saturated rings. The lowest BCUT2D eigenvalue weighted by Crippen LogP contribution is -2.39. The number of furan rings is 1. The molecule has 0 N–H and O–H groups in total. The lowest BCUT2D eigenvalue weighted by molar-refractivity contribution is -0.130. The molecule has 1 atom stereocenters. The fraction of sp³-hybridized carbons (Fsp3) is 0.526. The summed E-state index contributed by atoms with van der Waals surface area (Å²) < 4.78 is 11.3. The average molecular weight is 365 g/mol. The molecule has 0 spiro atoms. The molecule has 1 aliphatic heterocycles. The van der Waals surface area contributed by atoms with Crippen LogP contribution in [0, 0.1) is 12.8 Å². The van der Waals surface area contributed by atoms with Gasteiger partial charge in [-0.05, 0) is 38.7 Å². The molecule has 2 heterocycles. The van der Waals surface area contributed by atoms with E-state index in [0.717, 1.165) is 35.2 Å². The molecule has 2 aromatic rings. The summed E-state index contributed by atoms with van der Waals surface area (Å²) in [4.78, 5) is 16.9. The van der Waals surface area contributed by atoms with Crippen LogP contribution < -0.4 is 0 Å². The molecule has 0 saturated carbocycles. The number of nitrogens with zero attached hydrogens (tertiary/aromatic N) is 2. The fourth-order valence-corrected chi connectivity index (χ4v) is 3.51. The molecule has 3 rings (SSSR count). The number of rotatable bonds is 4. The Balaban J connectivity index is 1.74. The summed E-state index contributed by atoms with van der Waals surface area (Å²) in [6, 6.07) is 3.80. The first-order valence-electron chi connectivity index (χ1n) is 8.60. The van der Waals surface area contributed by atoms with Crippen LogP contribution in [0.25, 0.3) is 11.0 Å². The zero-order chi connectivity index (χ0) is 18.0. The van der Waals surface area contributed by atoms with Crippen molar-refractivity contribution in [3.8, 4) is 0 Å².